The van der Waals surface area contributed by atoms with Gasteiger partial charge in [-0.2, -0.15) is 0 Å². The molecule has 0 amide bonds. The van der Waals surface area contributed by atoms with Crippen molar-refractivity contribution in [3.05, 3.63) is 23.8 Å². The van der Waals surface area contributed by atoms with Gasteiger partial charge in [0, 0.05) is 0 Å². The van der Waals surface area contributed by atoms with E-state index in [0.717, 1.165) is 18.4 Å². The normalized spacial score (nSPS) is 31.4. The Kier molecular flexibility index (Phi) is 2.50. The maximum Gasteiger partial charge on any atom is 0.0753 e. The van der Waals surface area contributed by atoms with Gasteiger partial charge in [0.25, 0.3) is 0 Å². The lowest BCUT2D eigenvalue weighted by Gasteiger charge is -2.24. The fraction of sp³-hybridized carbons (Fsp3) is 0.600. The van der Waals surface area contributed by atoms with Gasteiger partial charge in [0.05, 0.1) is 6.10 Å². The molecule has 0 saturated heterocycles. The van der Waals surface area contributed by atoms with Crippen LogP contribution in [0.4, 0.5) is 0 Å². The van der Waals surface area contributed by atoms with Crippen LogP contribution in [0.1, 0.15) is 26.7 Å². The summed E-state index contributed by atoms with van der Waals surface area (Å²) in [4.78, 5) is 0. The Bertz CT molecular complexity index is 191. The second-order valence-corrected chi connectivity index (χ2v) is 3.48. The van der Waals surface area contributed by atoms with Gasteiger partial charge < -0.3 is 5.11 Å². The first-order valence-electron chi connectivity index (χ1n) is 4.11. The molecule has 0 bridgehead atoms. The molecule has 0 spiro atoms. The number of hydrogen-bond acceptors (Lipinski definition) is 1. The summed E-state index contributed by atoms with van der Waals surface area (Å²) in [5.74, 6) is 0.494. The number of aliphatic hydroxyl groups excluding tert-OH is 1. The third kappa shape index (κ3) is 1.93. The van der Waals surface area contributed by atoms with Gasteiger partial charge in [0.1, 0.15) is 0 Å². The highest BCUT2D eigenvalue weighted by atomic mass is 16.3. The Morgan fingerprint density at radius 1 is 1.73 bits per heavy atom. The fourth-order valence-corrected chi connectivity index (χ4v) is 1.42. The molecule has 0 aromatic carbocycles. The average Bonchev–Trinajstić information content (AvgIpc) is 1.94. The minimum atomic E-state index is -0.231. The van der Waals surface area contributed by atoms with Gasteiger partial charge in [0.15, 0.2) is 0 Å². The van der Waals surface area contributed by atoms with Crippen molar-refractivity contribution in [1.82, 2.24) is 0 Å². The molecular weight excluding hydrogens is 136 g/mol. The van der Waals surface area contributed by atoms with Crippen LogP contribution in [-0.4, -0.2) is 11.2 Å². The van der Waals surface area contributed by atoms with Crippen LogP contribution in [0.15, 0.2) is 23.8 Å². The maximum absolute atomic E-state index is 9.49. The molecule has 11 heavy (non-hydrogen) atoms. The number of allylic oxidation sites excluding steroid dienone is 2. The Morgan fingerprint density at radius 2 is 2.36 bits per heavy atom. The molecule has 1 unspecified atom stereocenters. The lowest BCUT2D eigenvalue weighted by molar-refractivity contribution is 0.174. The highest BCUT2D eigenvalue weighted by Crippen LogP contribution is 2.27. The van der Waals surface area contributed by atoms with Crippen molar-refractivity contribution in [2.45, 2.75) is 32.8 Å². The molecule has 1 nitrogen and oxygen atoms in total. The minimum Gasteiger partial charge on any atom is -0.389 e. The quantitative estimate of drug-likeness (QED) is 0.571. The molecule has 0 saturated carbocycles. The summed E-state index contributed by atoms with van der Waals surface area (Å²) in [7, 11) is 0. The van der Waals surface area contributed by atoms with E-state index >= 15 is 0 Å². The van der Waals surface area contributed by atoms with Gasteiger partial charge in [-0.25, -0.2) is 0 Å². The summed E-state index contributed by atoms with van der Waals surface area (Å²) >= 11 is 0. The third-order valence-electron chi connectivity index (χ3n) is 2.45. The second kappa shape index (κ2) is 3.22. The van der Waals surface area contributed by atoms with Crippen molar-refractivity contribution in [3.63, 3.8) is 0 Å². The van der Waals surface area contributed by atoms with Crippen LogP contribution in [0, 0.1) is 5.92 Å². The summed E-state index contributed by atoms with van der Waals surface area (Å²) in [6.07, 6.45) is 3.80. The highest BCUT2D eigenvalue weighted by molar-refractivity contribution is 5.14. The molecule has 62 valence electrons. The molecule has 1 N–H and O–H groups in total. The average molecular weight is 152 g/mol. The molecule has 0 aromatic heterocycles. The van der Waals surface area contributed by atoms with E-state index in [1.807, 2.05) is 13.8 Å². The van der Waals surface area contributed by atoms with E-state index in [0.29, 0.717) is 5.92 Å². The van der Waals surface area contributed by atoms with Gasteiger partial charge in [-0.15, -0.1) is 0 Å². The van der Waals surface area contributed by atoms with Crippen LogP contribution >= 0.6 is 0 Å². The molecule has 1 aliphatic rings. The number of hydrogen-bond donors (Lipinski definition) is 1. The summed E-state index contributed by atoms with van der Waals surface area (Å²) < 4.78 is 0. The Morgan fingerprint density at radius 3 is 2.82 bits per heavy atom. The van der Waals surface area contributed by atoms with Crippen molar-refractivity contribution < 1.29 is 5.11 Å². The van der Waals surface area contributed by atoms with E-state index in [2.05, 4.69) is 12.7 Å². The molecule has 0 aliphatic heterocycles. The standard InChI is InChI=1S/C10H16O/c1-7(2)9-5-4-8(3)10(11)6-9/h4,9-11H,1,5-6H2,2-3H3/t9-,10?/m0/s1. The van der Waals surface area contributed by atoms with E-state index in [1.54, 1.807) is 0 Å². The lowest BCUT2D eigenvalue weighted by Crippen LogP contribution is -2.19. The summed E-state index contributed by atoms with van der Waals surface area (Å²) in [6.45, 7) is 7.92. The van der Waals surface area contributed by atoms with Crippen LogP contribution in [0.25, 0.3) is 0 Å². The van der Waals surface area contributed by atoms with Crippen molar-refractivity contribution in [2.24, 2.45) is 5.92 Å². The molecule has 0 heterocycles. The summed E-state index contributed by atoms with van der Waals surface area (Å²) in [5, 5.41) is 9.49. The van der Waals surface area contributed by atoms with Crippen molar-refractivity contribution in [1.29, 1.82) is 0 Å². The predicted molar refractivity (Wildman–Crippen MR) is 47.3 cm³/mol. The zero-order valence-electron chi connectivity index (χ0n) is 7.30. The first-order chi connectivity index (χ1) is 5.11. The number of rotatable bonds is 1. The lowest BCUT2D eigenvalue weighted by atomic mass is 9.84. The largest absolute Gasteiger partial charge is 0.389 e. The minimum absolute atomic E-state index is 0.231. The van der Waals surface area contributed by atoms with E-state index in [-0.39, 0.29) is 6.10 Å². The first-order valence-corrected chi connectivity index (χ1v) is 4.11. The predicted octanol–water partition coefficient (Wildman–Crippen LogP) is 2.28. The van der Waals surface area contributed by atoms with Gasteiger partial charge in [-0.1, -0.05) is 18.2 Å². The van der Waals surface area contributed by atoms with Gasteiger partial charge >= 0.3 is 0 Å². The van der Waals surface area contributed by atoms with Crippen LogP contribution in [0.3, 0.4) is 0 Å². The molecule has 0 fully saturated rings. The van der Waals surface area contributed by atoms with E-state index in [9.17, 15) is 5.11 Å². The molecular formula is C10H16O. The smallest absolute Gasteiger partial charge is 0.0753 e. The Balaban J connectivity index is 2.62. The van der Waals surface area contributed by atoms with Gasteiger partial charge in [-0.05, 0) is 38.2 Å². The first kappa shape index (κ1) is 8.54. The second-order valence-electron chi connectivity index (χ2n) is 3.48. The molecule has 1 rings (SSSR count). The zero-order valence-corrected chi connectivity index (χ0v) is 7.30. The van der Waals surface area contributed by atoms with Crippen LogP contribution in [-0.2, 0) is 0 Å². The van der Waals surface area contributed by atoms with Crippen LogP contribution in [0.5, 0.6) is 0 Å². The molecule has 0 aromatic rings. The summed E-state index contributed by atoms with van der Waals surface area (Å²) in [5.41, 5.74) is 2.30. The number of aliphatic hydroxyl groups is 1. The highest BCUT2D eigenvalue weighted by Gasteiger charge is 2.19. The van der Waals surface area contributed by atoms with Gasteiger partial charge in [-0.3, -0.25) is 0 Å². The van der Waals surface area contributed by atoms with E-state index < -0.39 is 0 Å². The molecule has 0 radical (unpaired) electrons. The van der Waals surface area contributed by atoms with E-state index in [1.165, 1.54) is 5.57 Å². The molecule has 2 atom stereocenters. The SMILES string of the molecule is C=C(C)[C@H]1CC=C(C)C(O)C1. The van der Waals surface area contributed by atoms with Crippen LogP contribution in [0.2, 0.25) is 0 Å². The van der Waals surface area contributed by atoms with Gasteiger partial charge in [0.2, 0.25) is 0 Å². The van der Waals surface area contributed by atoms with Crippen molar-refractivity contribution in [3.8, 4) is 0 Å². The monoisotopic (exact) mass is 152 g/mol. The third-order valence-corrected chi connectivity index (χ3v) is 2.45. The maximum atomic E-state index is 9.49. The van der Waals surface area contributed by atoms with Crippen molar-refractivity contribution in [2.75, 3.05) is 0 Å². The summed E-state index contributed by atoms with van der Waals surface area (Å²) in [6, 6.07) is 0. The fourth-order valence-electron chi connectivity index (χ4n) is 1.42. The zero-order chi connectivity index (χ0) is 8.43. The van der Waals surface area contributed by atoms with E-state index in [4.69, 9.17) is 0 Å². The Hall–Kier alpha value is -0.560. The van der Waals surface area contributed by atoms with Crippen LogP contribution < -0.4 is 0 Å². The topological polar surface area (TPSA) is 20.2 Å². The Labute approximate surface area is 68.4 Å². The molecule has 1 aliphatic carbocycles. The molecule has 1 heteroatoms. The van der Waals surface area contributed by atoms with Crippen molar-refractivity contribution >= 4 is 0 Å².